The Morgan fingerprint density at radius 3 is 2.72 bits per heavy atom. The van der Waals surface area contributed by atoms with Gasteiger partial charge in [-0.1, -0.05) is 6.07 Å². The van der Waals surface area contributed by atoms with E-state index in [1.54, 1.807) is 6.92 Å². The number of hydrogen-bond donors (Lipinski definition) is 2. The second-order valence-electron chi connectivity index (χ2n) is 6.02. The Kier molecular flexibility index (Phi) is 5.35. The molecule has 0 spiro atoms. The molecule has 0 aliphatic rings. The van der Waals surface area contributed by atoms with Crippen LogP contribution in [0.5, 0.6) is 0 Å². The van der Waals surface area contributed by atoms with E-state index in [0.717, 1.165) is 12.1 Å². The van der Waals surface area contributed by atoms with Gasteiger partial charge in [-0.3, -0.25) is 10.2 Å². The van der Waals surface area contributed by atoms with Gasteiger partial charge in [0.2, 0.25) is 5.43 Å². The molecule has 0 fully saturated rings. The number of carboxylic acid groups (broad SMARTS) is 1. The zero-order chi connectivity index (χ0) is 21.2. The average molecular weight is 404 g/mol. The number of anilines is 1. The van der Waals surface area contributed by atoms with E-state index in [1.807, 2.05) is 0 Å². The van der Waals surface area contributed by atoms with Crippen LogP contribution in [0.25, 0.3) is 11.0 Å². The lowest BCUT2D eigenvalue weighted by molar-refractivity contribution is -0.137. The predicted octanol–water partition coefficient (Wildman–Crippen LogP) is 3.58. The fraction of sp³-hybridized carbons (Fsp3) is 0.158. The van der Waals surface area contributed by atoms with Crippen LogP contribution < -0.4 is 10.9 Å². The van der Waals surface area contributed by atoms with Crippen LogP contribution in [0.4, 0.5) is 18.9 Å². The van der Waals surface area contributed by atoms with Gasteiger partial charge in [-0.2, -0.15) is 18.3 Å². The monoisotopic (exact) mass is 404 g/mol. The number of nitrogens with one attached hydrogen (secondary N) is 1. The molecule has 0 amide bonds. The highest BCUT2D eigenvalue weighted by Gasteiger charge is 2.30. The number of benzene rings is 1. The number of rotatable bonds is 5. The highest BCUT2D eigenvalue weighted by molar-refractivity contribution is 5.92. The van der Waals surface area contributed by atoms with E-state index in [1.165, 1.54) is 41.2 Å². The van der Waals surface area contributed by atoms with E-state index in [2.05, 4.69) is 15.5 Å². The van der Waals surface area contributed by atoms with Gasteiger partial charge in [-0.25, -0.2) is 9.78 Å². The number of nitrogens with zero attached hydrogens (tertiary/aromatic N) is 3. The van der Waals surface area contributed by atoms with Crippen molar-refractivity contribution < 1.29 is 23.1 Å². The van der Waals surface area contributed by atoms with Gasteiger partial charge in [0, 0.05) is 12.7 Å². The molecule has 0 unspecified atom stereocenters. The van der Waals surface area contributed by atoms with E-state index in [9.17, 15) is 22.8 Å². The van der Waals surface area contributed by atoms with E-state index < -0.39 is 23.1 Å². The van der Waals surface area contributed by atoms with Gasteiger partial charge in [0.25, 0.3) is 0 Å². The summed E-state index contributed by atoms with van der Waals surface area (Å²) in [6.07, 6.45) is -1.95. The Morgan fingerprint density at radius 1 is 1.31 bits per heavy atom. The third kappa shape index (κ3) is 4.26. The number of aryl methyl sites for hydroxylation is 1. The second kappa shape index (κ2) is 7.74. The van der Waals surface area contributed by atoms with Crippen molar-refractivity contribution in [2.24, 2.45) is 5.10 Å². The number of fused-ring (bicyclic) bond motifs is 1. The fourth-order valence-corrected chi connectivity index (χ4v) is 2.68. The van der Waals surface area contributed by atoms with Crippen LogP contribution in [0.1, 0.15) is 28.5 Å². The first kappa shape index (κ1) is 20.1. The summed E-state index contributed by atoms with van der Waals surface area (Å²) in [7, 11) is 0. The molecule has 0 bridgehead atoms. The minimum atomic E-state index is -4.46. The van der Waals surface area contributed by atoms with Crippen LogP contribution in [-0.4, -0.2) is 26.8 Å². The van der Waals surface area contributed by atoms with Crippen molar-refractivity contribution in [1.29, 1.82) is 0 Å². The third-order valence-electron chi connectivity index (χ3n) is 4.09. The number of carbonyl (C=O) groups is 1. The summed E-state index contributed by atoms with van der Waals surface area (Å²) in [6, 6.07) is 7.47. The smallest absolute Gasteiger partial charge is 0.416 e. The summed E-state index contributed by atoms with van der Waals surface area (Å²) in [5.74, 6) is -1.32. The van der Waals surface area contributed by atoms with E-state index in [4.69, 9.17) is 5.11 Å². The minimum absolute atomic E-state index is 0.147. The molecule has 3 rings (SSSR count). The van der Waals surface area contributed by atoms with Gasteiger partial charge in [-0.05, 0) is 37.3 Å². The highest BCUT2D eigenvalue weighted by Crippen LogP contribution is 2.30. The van der Waals surface area contributed by atoms with Crippen LogP contribution >= 0.6 is 0 Å². The predicted molar refractivity (Wildman–Crippen MR) is 101 cm³/mol. The zero-order valence-electron chi connectivity index (χ0n) is 15.1. The molecule has 150 valence electrons. The summed E-state index contributed by atoms with van der Waals surface area (Å²) >= 11 is 0. The summed E-state index contributed by atoms with van der Waals surface area (Å²) < 4.78 is 39.8. The number of aromatic carboxylic acids is 1. The van der Waals surface area contributed by atoms with Crippen molar-refractivity contribution in [3.05, 3.63) is 69.6 Å². The lowest BCUT2D eigenvalue weighted by Gasteiger charge is -2.09. The fourth-order valence-electron chi connectivity index (χ4n) is 2.68. The molecule has 2 N–H and O–H groups in total. The number of hydrogen-bond acceptors (Lipinski definition) is 5. The van der Waals surface area contributed by atoms with Crippen molar-refractivity contribution in [1.82, 2.24) is 9.55 Å². The summed E-state index contributed by atoms with van der Waals surface area (Å²) in [4.78, 5) is 27.8. The first-order valence-electron chi connectivity index (χ1n) is 8.44. The van der Waals surface area contributed by atoms with E-state index in [0.29, 0.717) is 12.2 Å². The van der Waals surface area contributed by atoms with Gasteiger partial charge in [0.15, 0.2) is 0 Å². The first-order chi connectivity index (χ1) is 13.7. The maximum absolute atomic E-state index is 12.7. The summed E-state index contributed by atoms with van der Waals surface area (Å²) in [5.41, 5.74) is 1.47. The van der Waals surface area contributed by atoms with Gasteiger partial charge >= 0.3 is 12.1 Å². The van der Waals surface area contributed by atoms with Crippen LogP contribution in [0, 0.1) is 0 Å². The Balaban J connectivity index is 1.91. The number of hydrazone groups is 1. The van der Waals surface area contributed by atoms with Crippen molar-refractivity contribution >= 4 is 28.9 Å². The average Bonchev–Trinajstić information content (AvgIpc) is 2.67. The Morgan fingerprint density at radius 2 is 2.07 bits per heavy atom. The molecule has 3 aromatic rings. The maximum Gasteiger partial charge on any atom is 0.416 e. The maximum atomic E-state index is 12.7. The molecular formula is C19H15F3N4O3. The Labute approximate surface area is 162 Å². The van der Waals surface area contributed by atoms with Crippen LogP contribution in [-0.2, 0) is 12.7 Å². The molecule has 0 aliphatic heterocycles. The Bertz CT molecular complexity index is 1170. The molecular weight excluding hydrogens is 389 g/mol. The molecule has 7 nitrogen and oxygen atoms in total. The number of aromatic nitrogens is 2. The largest absolute Gasteiger partial charge is 0.477 e. The van der Waals surface area contributed by atoms with E-state index in [-0.39, 0.29) is 22.3 Å². The molecule has 29 heavy (non-hydrogen) atoms. The van der Waals surface area contributed by atoms with Crippen molar-refractivity contribution in [2.75, 3.05) is 5.43 Å². The first-order valence-corrected chi connectivity index (χ1v) is 8.44. The summed E-state index contributed by atoms with van der Waals surface area (Å²) in [5, 5.41) is 13.2. The van der Waals surface area contributed by atoms with Gasteiger partial charge in [-0.15, -0.1) is 0 Å². The molecule has 2 aromatic heterocycles. The number of pyridine rings is 2. The Hall–Kier alpha value is -3.69. The quantitative estimate of drug-likeness (QED) is 0.501. The molecule has 0 aliphatic carbocycles. The lowest BCUT2D eigenvalue weighted by Crippen LogP contribution is -2.19. The second-order valence-corrected chi connectivity index (χ2v) is 6.02. The molecule has 0 radical (unpaired) electrons. The van der Waals surface area contributed by atoms with Gasteiger partial charge < -0.3 is 9.67 Å². The topological polar surface area (TPSA) is 96.6 Å². The SMILES string of the molecule is CCn1cc(C(=O)O)c(=O)c2ccc(/C=N/Nc3cccc(C(F)(F)F)c3)nc21. The van der Waals surface area contributed by atoms with Gasteiger partial charge in [0.05, 0.1) is 28.5 Å². The molecule has 0 saturated carbocycles. The number of carboxylic acids is 1. The third-order valence-corrected chi connectivity index (χ3v) is 4.09. The standard InChI is InChI=1S/C19H15F3N4O3/c1-2-26-10-15(18(28)29)16(27)14-7-6-13(24-17(14)26)9-23-25-12-5-3-4-11(8-12)19(20,21)22/h3-10,25H,2H2,1H3,(H,28,29)/b23-9+. The van der Waals surface area contributed by atoms with Crippen LogP contribution in [0.15, 0.2) is 52.5 Å². The van der Waals surface area contributed by atoms with Gasteiger partial charge in [0.1, 0.15) is 11.2 Å². The lowest BCUT2D eigenvalue weighted by atomic mass is 10.2. The van der Waals surface area contributed by atoms with Crippen molar-refractivity contribution in [2.45, 2.75) is 19.6 Å². The summed E-state index contributed by atoms with van der Waals surface area (Å²) in [6.45, 7) is 2.15. The van der Waals surface area contributed by atoms with Crippen LogP contribution in [0.3, 0.4) is 0 Å². The number of halogens is 3. The van der Waals surface area contributed by atoms with Crippen molar-refractivity contribution in [3.8, 4) is 0 Å². The molecule has 10 heteroatoms. The molecule has 0 atom stereocenters. The molecule has 2 heterocycles. The zero-order valence-corrected chi connectivity index (χ0v) is 15.1. The van der Waals surface area contributed by atoms with E-state index >= 15 is 0 Å². The minimum Gasteiger partial charge on any atom is -0.477 e. The van der Waals surface area contributed by atoms with Crippen molar-refractivity contribution in [3.63, 3.8) is 0 Å². The number of alkyl halides is 3. The molecule has 1 aromatic carbocycles. The normalized spacial score (nSPS) is 11.9. The molecule has 0 saturated heterocycles. The highest BCUT2D eigenvalue weighted by atomic mass is 19.4. The van der Waals surface area contributed by atoms with Crippen LogP contribution in [0.2, 0.25) is 0 Å².